The third-order valence-corrected chi connectivity index (χ3v) is 4.41. The highest BCUT2D eigenvalue weighted by Gasteiger charge is 2.30. The average molecular weight is 326 g/mol. The Balaban J connectivity index is 1.84. The molecule has 5 heteroatoms. The number of amides is 2. The highest BCUT2D eigenvalue weighted by Crippen LogP contribution is 2.27. The fraction of sp³-hybridized carbons (Fsp3) is 0.263. The van der Waals surface area contributed by atoms with Crippen molar-refractivity contribution in [3.63, 3.8) is 0 Å². The number of carbonyl (C=O) groups excluding carboxylic acids is 2. The Hall–Kier alpha value is -2.69. The van der Waals surface area contributed by atoms with Gasteiger partial charge in [-0.2, -0.15) is 0 Å². The van der Waals surface area contributed by atoms with Crippen molar-refractivity contribution in [3.05, 3.63) is 65.0 Å². The minimum atomic E-state index is -0.903. The minimum Gasteiger partial charge on any atom is -0.352 e. The van der Waals surface area contributed by atoms with Crippen molar-refractivity contribution in [2.45, 2.75) is 25.7 Å². The Morgan fingerprint density at radius 2 is 2.00 bits per heavy atom. The van der Waals surface area contributed by atoms with Crippen molar-refractivity contribution in [2.24, 2.45) is 0 Å². The third-order valence-electron chi connectivity index (χ3n) is 4.41. The van der Waals surface area contributed by atoms with E-state index in [1.54, 1.807) is 38.1 Å². The SMILES string of the molecule is CC(C)(C(=O)Nc1ccc2c(c1)C(=O)NCC2)c1cccc(F)c1. The maximum absolute atomic E-state index is 13.4. The summed E-state index contributed by atoms with van der Waals surface area (Å²) in [7, 11) is 0. The van der Waals surface area contributed by atoms with Crippen LogP contribution in [0.4, 0.5) is 10.1 Å². The number of nitrogens with one attached hydrogen (secondary N) is 2. The summed E-state index contributed by atoms with van der Waals surface area (Å²) in [6.45, 7) is 4.11. The van der Waals surface area contributed by atoms with Crippen molar-refractivity contribution in [2.75, 3.05) is 11.9 Å². The lowest BCUT2D eigenvalue weighted by atomic mass is 9.83. The van der Waals surface area contributed by atoms with Gasteiger partial charge in [-0.1, -0.05) is 18.2 Å². The maximum atomic E-state index is 13.4. The molecule has 0 radical (unpaired) electrons. The van der Waals surface area contributed by atoms with Crippen molar-refractivity contribution in [1.82, 2.24) is 5.32 Å². The number of carbonyl (C=O) groups is 2. The molecule has 1 heterocycles. The Labute approximate surface area is 140 Å². The molecule has 24 heavy (non-hydrogen) atoms. The van der Waals surface area contributed by atoms with Crippen LogP contribution in [0.2, 0.25) is 0 Å². The van der Waals surface area contributed by atoms with E-state index >= 15 is 0 Å². The largest absolute Gasteiger partial charge is 0.352 e. The molecule has 0 unspecified atom stereocenters. The molecule has 2 amide bonds. The van der Waals surface area contributed by atoms with E-state index in [0.29, 0.717) is 23.4 Å². The summed E-state index contributed by atoms with van der Waals surface area (Å²) in [5.41, 5.74) is 1.81. The summed E-state index contributed by atoms with van der Waals surface area (Å²) in [5, 5.41) is 5.62. The first-order valence-corrected chi connectivity index (χ1v) is 7.86. The second kappa shape index (κ2) is 6.07. The van der Waals surface area contributed by atoms with Crippen LogP contribution in [0.1, 0.15) is 35.3 Å². The molecular weight excluding hydrogens is 307 g/mol. The molecule has 0 saturated heterocycles. The van der Waals surface area contributed by atoms with Crippen molar-refractivity contribution in [3.8, 4) is 0 Å². The third kappa shape index (κ3) is 3.02. The molecule has 1 aliphatic rings. The summed E-state index contributed by atoms with van der Waals surface area (Å²) in [5.74, 6) is -0.764. The standard InChI is InChI=1S/C19H19FN2O2/c1-19(2,13-4-3-5-14(20)10-13)18(24)22-15-7-6-12-8-9-21-17(23)16(12)11-15/h3-7,10-11H,8-9H2,1-2H3,(H,21,23)(H,22,24). The lowest BCUT2D eigenvalue weighted by molar-refractivity contribution is -0.120. The van der Waals surface area contributed by atoms with Gasteiger partial charge in [-0.15, -0.1) is 0 Å². The van der Waals surface area contributed by atoms with Crippen molar-refractivity contribution in [1.29, 1.82) is 0 Å². The normalized spacial score (nSPS) is 13.9. The Bertz CT molecular complexity index is 815. The zero-order valence-corrected chi connectivity index (χ0v) is 13.7. The molecule has 2 N–H and O–H groups in total. The van der Waals surface area contributed by atoms with Crippen LogP contribution in [0.3, 0.4) is 0 Å². The molecule has 0 fully saturated rings. The smallest absolute Gasteiger partial charge is 0.251 e. The van der Waals surface area contributed by atoms with E-state index in [-0.39, 0.29) is 17.6 Å². The lowest BCUT2D eigenvalue weighted by Gasteiger charge is -2.25. The maximum Gasteiger partial charge on any atom is 0.251 e. The van der Waals surface area contributed by atoms with Crippen LogP contribution in [-0.4, -0.2) is 18.4 Å². The van der Waals surface area contributed by atoms with E-state index in [9.17, 15) is 14.0 Å². The van der Waals surface area contributed by atoms with Gasteiger partial charge in [0.1, 0.15) is 5.82 Å². The van der Waals surface area contributed by atoms with E-state index in [1.807, 2.05) is 6.07 Å². The molecule has 0 bridgehead atoms. The van der Waals surface area contributed by atoms with E-state index in [0.717, 1.165) is 12.0 Å². The Morgan fingerprint density at radius 3 is 2.75 bits per heavy atom. The molecule has 0 atom stereocenters. The average Bonchev–Trinajstić information content (AvgIpc) is 2.55. The highest BCUT2D eigenvalue weighted by molar-refractivity contribution is 6.01. The predicted octanol–water partition coefficient (Wildman–Crippen LogP) is 3.03. The van der Waals surface area contributed by atoms with E-state index < -0.39 is 5.41 Å². The van der Waals surface area contributed by atoms with Gasteiger partial charge in [0, 0.05) is 17.8 Å². The number of rotatable bonds is 3. The summed E-state index contributed by atoms with van der Waals surface area (Å²) >= 11 is 0. The topological polar surface area (TPSA) is 58.2 Å². The highest BCUT2D eigenvalue weighted by atomic mass is 19.1. The van der Waals surface area contributed by atoms with Gasteiger partial charge >= 0.3 is 0 Å². The molecule has 4 nitrogen and oxygen atoms in total. The van der Waals surface area contributed by atoms with Gasteiger partial charge in [0.15, 0.2) is 0 Å². The van der Waals surface area contributed by atoms with Gasteiger partial charge in [0.2, 0.25) is 5.91 Å². The zero-order chi connectivity index (χ0) is 17.3. The number of anilines is 1. The number of halogens is 1. The van der Waals surface area contributed by atoms with Crippen LogP contribution < -0.4 is 10.6 Å². The fourth-order valence-electron chi connectivity index (χ4n) is 2.79. The molecule has 124 valence electrons. The van der Waals surface area contributed by atoms with Gasteiger partial charge < -0.3 is 10.6 Å². The van der Waals surface area contributed by atoms with Crippen LogP contribution in [0.5, 0.6) is 0 Å². The van der Waals surface area contributed by atoms with Crippen LogP contribution >= 0.6 is 0 Å². The van der Waals surface area contributed by atoms with Crippen molar-refractivity contribution < 1.29 is 14.0 Å². The second-order valence-electron chi connectivity index (χ2n) is 6.47. The van der Waals surface area contributed by atoms with E-state index in [1.165, 1.54) is 12.1 Å². The first-order valence-electron chi connectivity index (χ1n) is 7.86. The molecule has 0 aliphatic carbocycles. The molecule has 2 aromatic rings. The predicted molar refractivity (Wildman–Crippen MR) is 90.5 cm³/mol. The summed E-state index contributed by atoms with van der Waals surface area (Å²) in [6, 6.07) is 11.4. The van der Waals surface area contributed by atoms with Crippen LogP contribution in [0.25, 0.3) is 0 Å². The van der Waals surface area contributed by atoms with E-state index in [2.05, 4.69) is 10.6 Å². The van der Waals surface area contributed by atoms with Crippen LogP contribution in [0.15, 0.2) is 42.5 Å². The Morgan fingerprint density at radius 1 is 1.21 bits per heavy atom. The van der Waals surface area contributed by atoms with Crippen LogP contribution in [0, 0.1) is 5.82 Å². The molecule has 0 aromatic heterocycles. The summed E-state index contributed by atoms with van der Waals surface area (Å²) in [6.07, 6.45) is 0.782. The molecule has 3 rings (SSSR count). The molecule has 0 saturated carbocycles. The molecule has 0 spiro atoms. The number of hydrogen-bond acceptors (Lipinski definition) is 2. The monoisotopic (exact) mass is 326 g/mol. The summed E-state index contributed by atoms with van der Waals surface area (Å²) < 4.78 is 13.4. The first-order chi connectivity index (χ1) is 11.4. The number of hydrogen-bond donors (Lipinski definition) is 2. The zero-order valence-electron chi connectivity index (χ0n) is 13.7. The number of benzene rings is 2. The van der Waals surface area contributed by atoms with Gasteiger partial charge in [0.25, 0.3) is 5.91 Å². The van der Waals surface area contributed by atoms with Gasteiger partial charge in [-0.25, -0.2) is 4.39 Å². The minimum absolute atomic E-state index is 0.128. The van der Waals surface area contributed by atoms with E-state index in [4.69, 9.17) is 0 Å². The Kier molecular flexibility index (Phi) is 4.09. The molecule has 1 aliphatic heterocycles. The van der Waals surface area contributed by atoms with Gasteiger partial charge in [-0.05, 0) is 55.7 Å². The fourth-order valence-corrected chi connectivity index (χ4v) is 2.79. The van der Waals surface area contributed by atoms with Gasteiger partial charge in [0.05, 0.1) is 5.41 Å². The second-order valence-corrected chi connectivity index (χ2v) is 6.47. The summed E-state index contributed by atoms with van der Waals surface area (Å²) in [4.78, 5) is 24.6. The quantitative estimate of drug-likeness (QED) is 0.911. The lowest BCUT2D eigenvalue weighted by Crippen LogP contribution is -2.35. The molecule has 2 aromatic carbocycles. The molecular formula is C19H19FN2O2. The van der Waals surface area contributed by atoms with Gasteiger partial charge in [-0.3, -0.25) is 9.59 Å². The van der Waals surface area contributed by atoms with Crippen molar-refractivity contribution >= 4 is 17.5 Å². The number of fused-ring (bicyclic) bond motifs is 1. The van der Waals surface area contributed by atoms with Crippen LogP contribution in [-0.2, 0) is 16.6 Å². The first kappa shape index (κ1) is 16.2.